The Balaban J connectivity index is 1.77. The molecule has 1 saturated heterocycles. The highest BCUT2D eigenvalue weighted by atomic mass is 32.1. The van der Waals surface area contributed by atoms with E-state index in [1.807, 2.05) is 35.4 Å². The second-order valence-electron chi connectivity index (χ2n) is 5.95. The van der Waals surface area contributed by atoms with Crippen LogP contribution < -0.4 is 0 Å². The number of benzene rings is 1. The molecule has 1 aromatic carbocycles. The maximum atomic E-state index is 14.0. The van der Waals surface area contributed by atoms with Crippen molar-refractivity contribution in [2.75, 3.05) is 33.2 Å². The van der Waals surface area contributed by atoms with E-state index in [1.165, 1.54) is 11.3 Å². The van der Waals surface area contributed by atoms with Gasteiger partial charge in [-0.1, -0.05) is 19.1 Å². The molecule has 0 aliphatic carbocycles. The Kier molecular flexibility index (Phi) is 4.78. The van der Waals surface area contributed by atoms with Crippen molar-refractivity contribution in [3.8, 4) is 11.1 Å². The number of amides is 1. The molecule has 2 heterocycles. The first-order chi connectivity index (χ1) is 11.1. The summed E-state index contributed by atoms with van der Waals surface area (Å²) < 4.78 is 14.0. The molecule has 5 heteroatoms. The largest absolute Gasteiger partial charge is 0.335 e. The maximum absolute atomic E-state index is 14.0. The fourth-order valence-corrected chi connectivity index (χ4v) is 3.66. The topological polar surface area (TPSA) is 23.6 Å². The van der Waals surface area contributed by atoms with Gasteiger partial charge in [-0.15, -0.1) is 11.3 Å². The third kappa shape index (κ3) is 3.46. The van der Waals surface area contributed by atoms with E-state index in [2.05, 4.69) is 11.9 Å². The minimum Gasteiger partial charge on any atom is -0.335 e. The Morgan fingerprint density at radius 3 is 2.57 bits per heavy atom. The lowest BCUT2D eigenvalue weighted by atomic mass is 10.0. The number of aryl methyl sites for hydroxylation is 1. The van der Waals surface area contributed by atoms with Crippen LogP contribution in [0.5, 0.6) is 0 Å². The van der Waals surface area contributed by atoms with E-state index in [0.29, 0.717) is 6.42 Å². The summed E-state index contributed by atoms with van der Waals surface area (Å²) in [5.41, 5.74) is 2.46. The summed E-state index contributed by atoms with van der Waals surface area (Å²) in [6, 6.07) is 7.19. The molecule has 0 saturated carbocycles. The first kappa shape index (κ1) is 16.1. The fourth-order valence-electron chi connectivity index (χ4n) is 2.78. The van der Waals surface area contributed by atoms with Gasteiger partial charge in [0, 0.05) is 26.2 Å². The molecule has 23 heavy (non-hydrogen) atoms. The highest BCUT2D eigenvalue weighted by Crippen LogP contribution is 2.28. The lowest BCUT2D eigenvalue weighted by molar-refractivity contribution is 0.0669. The Morgan fingerprint density at radius 2 is 1.91 bits per heavy atom. The van der Waals surface area contributed by atoms with Crippen molar-refractivity contribution in [1.29, 1.82) is 0 Å². The second kappa shape index (κ2) is 6.81. The number of nitrogens with zero attached hydrogens (tertiary/aromatic N) is 2. The van der Waals surface area contributed by atoms with Crippen LogP contribution in [0, 0.1) is 5.82 Å². The summed E-state index contributed by atoms with van der Waals surface area (Å²) in [7, 11) is 2.07. The van der Waals surface area contributed by atoms with Gasteiger partial charge in [0.2, 0.25) is 0 Å². The monoisotopic (exact) mass is 332 g/mol. The van der Waals surface area contributed by atoms with Crippen LogP contribution in [0.1, 0.15) is 22.2 Å². The molecule has 0 bridgehead atoms. The molecule has 122 valence electrons. The summed E-state index contributed by atoms with van der Waals surface area (Å²) in [5.74, 6) is -0.0943. The summed E-state index contributed by atoms with van der Waals surface area (Å²) in [4.78, 5) is 17.4. The molecule has 1 aromatic heterocycles. The molecule has 2 aromatic rings. The van der Waals surface area contributed by atoms with E-state index in [1.54, 1.807) is 6.07 Å². The van der Waals surface area contributed by atoms with Crippen LogP contribution in [0.4, 0.5) is 4.39 Å². The Labute approximate surface area is 140 Å². The molecule has 0 atom stereocenters. The van der Waals surface area contributed by atoms with Gasteiger partial charge in [-0.2, -0.15) is 0 Å². The first-order valence-electron chi connectivity index (χ1n) is 7.93. The van der Waals surface area contributed by atoms with Crippen LogP contribution in [0.15, 0.2) is 29.6 Å². The number of hydrogen-bond donors (Lipinski definition) is 0. The Morgan fingerprint density at radius 1 is 1.17 bits per heavy atom. The van der Waals surface area contributed by atoms with E-state index in [4.69, 9.17) is 0 Å². The van der Waals surface area contributed by atoms with Crippen molar-refractivity contribution in [2.24, 2.45) is 0 Å². The molecular weight excluding hydrogens is 311 g/mol. The van der Waals surface area contributed by atoms with Gasteiger partial charge in [-0.3, -0.25) is 4.79 Å². The summed E-state index contributed by atoms with van der Waals surface area (Å²) in [6.45, 7) is 5.29. The number of rotatable bonds is 3. The molecule has 0 radical (unpaired) electrons. The van der Waals surface area contributed by atoms with Crippen LogP contribution in [0.25, 0.3) is 11.1 Å². The predicted molar refractivity (Wildman–Crippen MR) is 92.5 cm³/mol. The number of carbonyl (C=O) groups is 1. The molecule has 0 N–H and O–H groups in total. The number of hydrogen-bond acceptors (Lipinski definition) is 3. The van der Waals surface area contributed by atoms with Gasteiger partial charge in [0.25, 0.3) is 5.91 Å². The van der Waals surface area contributed by atoms with Crippen molar-refractivity contribution in [3.63, 3.8) is 0 Å². The van der Waals surface area contributed by atoms with Crippen LogP contribution in [0.3, 0.4) is 0 Å². The quantitative estimate of drug-likeness (QED) is 0.859. The van der Waals surface area contributed by atoms with Gasteiger partial charge in [0.05, 0.1) is 4.88 Å². The number of piperazine rings is 1. The zero-order valence-corrected chi connectivity index (χ0v) is 14.3. The zero-order chi connectivity index (χ0) is 16.4. The van der Waals surface area contributed by atoms with E-state index >= 15 is 0 Å². The first-order valence-corrected chi connectivity index (χ1v) is 8.81. The number of carbonyl (C=O) groups excluding carboxylic acids is 1. The summed E-state index contributed by atoms with van der Waals surface area (Å²) in [5, 5.41) is 1.93. The molecule has 1 fully saturated rings. The highest BCUT2D eigenvalue weighted by Gasteiger charge is 2.21. The average Bonchev–Trinajstić information content (AvgIpc) is 3.05. The SMILES string of the molecule is CCc1ccc(-c2csc(C(=O)N3CCN(C)CC3)c2)cc1F. The number of likely N-dealkylation sites (N-methyl/N-ethyl adjacent to an activating group) is 1. The Bertz CT molecular complexity index is 705. The van der Waals surface area contributed by atoms with Gasteiger partial charge in [-0.05, 0) is 47.7 Å². The number of thiophene rings is 1. The molecule has 1 aliphatic heterocycles. The van der Waals surface area contributed by atoms with Crippen molar-refractivity contribution in [2.45, 2.75) is 13.3 Å². The van der Waals surface area contributed by atoms with E-state index in [0.717, 1.165) is 47.7 Å². The van der Waals surface area contributed by atoms with Crippen LogP contribution in [-0.4, -0.2) is 48.9 Å². The fraction of sp³-hybridized carbons (Fsp3) is 0.389. The second-order valence-corrected chi connectivity index (χ2v) is 6.87. The standard InChI is InChI=1S/C18H21FN2OS/c1-3-13-4-5-14(10-16(13)19)15-11-17(23-12-15)18(22)21-8-6-20(2)7-9-21/h4-5,10-12H,3,6-9H2,1-2H3. The lowest BCUT2D eigenvalue weighted by Crippen LogP contribution is -2.46. The van der Waals surface area contributed by atoms with Crippen LogP contribution in [-0.2, 0) is 6.42 Å². The molecule has 1 aliphatic rings. The smallest absolute Gasteiger partial charge is 0.264 e. The molecule has 3 nitrogen and oxygen atoms in total. The van der Waals surface area contributed by atoms with E-state index in [9.17, 15) is 9.18 Å². The zero-order valence-electron chi connectivity index (χ0n) is 13.5. The van der Waals surface area contributed by atoms with Gasteiger partial charge >= 0.3 is 0 Å². The summed E-state index contributed by atoms with van der Waals surface area (Å²) in [6.07, 6.45) is 0.683. The molecule has 0 spiro atoms. The van der Waals surface area contributed by atoms with Crippen molar-refractivity contribution >= 4 is 17.2 Å². The molecular formula is C18H21FN2OS. The molecule has 1 amide bonds. The van der Waals surface area contributed by atoms with Crippen LogP contribution >= 0.6 is 11.3 Å². The van der Waals surface area contributed by atoms with Crippen molar-refractivity contribution < 1.29 is 9.18 Å². The van der Waals surface area contributed by atoms with Gasteiger partial charge in [0.15, 0.2) is 0 Å². The normalized spacial score (nSPS) is 15.9. The van der Waals surface area contributed by atoms with Crippen molar-refractivity contribution in [3.05, 3.63) is 45.9 Å². The third-order valence-corrected chi connectivity index (χ3v) is 5.29. The maximum Gasteiger partial charge on any atom is 0.264 e. The molecule has 3 rings (SSSR count). The summed E-state index contributed by atoms with van der Waals surface area (Å²) >= 11 is 1.44. The predicted octanol–water partition coefficient (Wildman–Crippen LogP) is 3.50. The van der Waals surface area contributed by atoms with E-state index < -0.39 is 0 Å². The average molecular weight is 332 g/mol. The minimum atomic E-state index is -0.178. The lowest BCUT2D eigenvalue weighted by Gasteiger charge is -2.32. The van der Waals surface area contributed by atoms with Gasteiger partial charge < -0.3 is 9.80 Å². The van der Waals surface area contributed by atoms with Crippen molar-refractivity contribution in [1.82, 2.24) is 9.80 Å². The van der Waals surface area contributed by atoms with Gasteiger partial charge in [-0.25, -0.2) is 4.39 Å². The third-order valence-electron chi connectivity index (χ3n) is 4.37. The van der Waals surface area contributed by atoms with Crippen LogP contribution in [0.2, 0.25) is 0 Å². The minimum absolute atomic E-state index is 0.0833. The number of halogens is 1. The molecule has 0 unspecified atom stereocenters. The highest BCUT2D eigenvalue weighted by molar-refractivity contribution is 7.12. The Hall–Kier alpha value is -1.72. The van der Waals surface area contributed by atoms with Gasteiger partial charge in [0.1, 0.15) is 5.82 Å². The van der Waals surface area contributed by atoms with E-state index in [-0.39, 0.29) is 11.7 Å².